The molecule has 1 aromatic carbocycles. The maximum atomic E-state index is 12.6. The average Bonchev–Trinajstić information content (AvgIpc) is 3.11. The number of piperidine rings is 1. The molecule has 8 heteroatoms. The zero-order chi connectivity index (χ0) is 17.1. The van der Waals surface area contributed by atoms with Crippen molar-refractivity contribution in [2.45, 2.75) is 18.9 Å². The molecule has 3 rings (SSSR count). The Balaban J connectivity index is 1.74. The van der Waals surface area contributed by atoms with Gasteiger partial charge in [-0.2, -0.15) is 5.10 Å². The van der Waals surface area contributed by atoms with Crippen LogP contribution in [-0.2, 0) is 0 Å². The Kier molecular flexibility index (Phi) is 4.57. The Bertz CT molecular complexity index is 734. The first-order valence-corrected chi connectivity index (χ1v) is 7.83. The van der Waals surface area contributed by atoms with E-state index in [9.17, 15) is 14.9 Å². The molecule has 1 fully saturated rings. The number of benzene rings is 1. The van der Waals surface area contributed by atoms with E-state index in [1.807, 2.05) is 7.05 Å². The van der Waals surface area contributed by atoms with Crippen LogP contribution in [0.25, 0.3) is 5.69 Å². The van der Waals surface area contributed by atoms with Crippen molar-refractivity contribution in [3.8, 4) is 5.69 Å². The van der Waals surface area contributed by atoms with Gasteiger partial charge in [0.2, 0.25) is 0 Å². The summed E-state index contributed by atoms with van der Waals surface area (Å²) in [5.41, 5.74) is 1.20. The van der Waals surface area contributed by atoms with Crippen LogP contribution in [0.4, 0.5) is 5.69 Å². The van der Waals surface area contributed by atoms with Gasteiger partial charge in [-0.1, -0.05) is 0 Å². The number of hydrogen-bond donors (Lipinski definition) is 1. The average molecular weight is 329 g/mol. The van der Waals surface area contributed by atoms with Crippen LogP contribution in [0.3, 0.4) is 0 Å². The fourth-order valence-electron chi connectivity index (χ4n) is 2.86. The van der Waals surface area contributed by atoms with Crippen molar-refractivity contribution in [2.75, 3.05) is 20.1 Å². The first-order chi connectivity index (χ1) is 11.6. The van der Waals surface area contributed by atoms with E-state index in [0.717, 1.165) is 25.9 Å². The number of nitrogens with one attached hydrogen (secondary N) is 1. The monoisotopic (exact) mass is 329 g/mol. The molecule has 1 aliphatic rings. The molecule has 8 nitrogen and oxygen atoms in total. The molecule has 1 aromatic heterocycles. The normalized spacial score (nSPS) is 15.2. The number of carbonyl (C=O) groups excluding carboxylic acids is 1. The molecule has 126 valence electrons. The zero-order valence-corrected chi connectivity index (χ0v) is 13.4. The lowest BCUT2D eigenvalue weighted by Gasteiger charge is -2.31. The highest BCUT2D eigenvalue weighted by atomic mass is 16.6. The van der Waals surface area contributed by atoms with Crippen molar-refractivity contribution >= 4 is 11.6 Å². The Labute approximate surface area is 139 Å². The molecule has 2 heterocycles. The number of non-ortho nitro benzene ring substituents is 1. The number of rotatable bonds is 4. The van der Waals surface area contributed by atoms with Crippen LogP contribution in [-0.4, -0.2) is 51.7 Å². The molecule has 0 aliphatic carbocycles. The summed E-state index contributed by atoms with van der Waals surface area (Å²) in [5, 5.41) is 18.2. The number of nitro groups is 1. The number of carbonyl (C=O) groups is 1. The van der Waals surface area contributed by atoms with E-state index < -0.39 is 4.92 Å². The van der Waals surface area contributed by atoms with Gasteiger partial charge in [-0.25, -0.2) is 4.68 Å². The smallest absolute Gasteiger partial charge is 0.269 e. The summed E-state index contributed by atoms with van der Waals surface area (Å²) in [5.74, 6) is -0.0601. The fourth-order valence-corrected chi connectivity index (χ4v) is 2.86. The number of aromatic nitrogens is 2. The van der Waals surface area contributed by atoms with Crippen molar-refractivity contribution in [2.24, 2.45) is 0 Å². The van der Waals surface area contributed by atoms with E-state index in [-0.39, 0.29) is 17.6 Å². The van der Waals surface area contributed by atoms with E-state index in [2.05, 4.69) is 10.4 Å². The molecule has 0 unspecified atom stereocenters. The van der Waals surface area contributed by atoms with Gasteiger partial charge in [-0.15, -0.1) is 0 Å². The molecule has 1 N–H and O–H groups in total. The minimum Gasteiger partial charge on any atom is -0.339 e. The standard InChI is InChI=1S/C16H19N5O3/c1-19(13-6-8-17-9-7-13)16(22)12-10-18-20(11-12)14-2-4-15(5-3-14)21(23)24/h2-5,10-11,13,17H,6-9H2,1H3. The maximum Gasteiger partial charge on any atom is 0.269 e. The van der Waals surface area contributed by atoms with Gasteiger partial charge in [0.1, 0.15) is 0 Å². The van der Waals surface area contributed by atoms with Gasteiger partial charge >= 0.3 is 0 Å². The van der Waals surface area contributed by atoms with Gasteiger partial charge in [-0.3, -0.25) is 14.9 Å². The van der Waals surface area contributed by atoms with Gasteiger partial charge in [0, 0.05) is 31.4 Å². The zero-order valence-electron chi connectivity index (χ0n) is 13.4. The van der Waals surface area contributed by atoms with Gasteiger partial charge in [0.25, 0.3) is 11.6 Å². The van der Waals surface area contributed by atoms with Crippen LogP contribution >= 0.6 is 0 Å². The maximum absolute atomic E-state index is 12.6. The summed E-state index contributed by atoms with van der Waals surface area (Å²) < 4.78 is 1.55. The number of amides is 1. The third-order valence-electron chi connectivity index (χ3n) is 4.33. The SMILES string of the molecule is CN(C(=O)c1cnn(-c2ccc([N+](=O)[O-])cc2)c1)C1CCNCC1. The highest BCUT2D eigenvalue weighted by Crippen LogP contribution is 2.17. The molecule has 24 heavy (non-hydrogen) atoms. The Hall–Kier alpha value is -2.74. The third kappa shape index (κ3) is 3.28. The lowest BCUT2D eigenvalue weighted by Crippen LogP contribution is -2.43. The second-order valence-electron chi connectivity index (χ2n) is 5.84. The summed E-state index contributed by atoms with van der Waals surface area (Å²) in [6, 6.07) is 6.28. The van der Waals surface area contributed by atoms with Gasteiger partial charge in [-0.05, 0) is 38.1 Å². The Morgan fingerprint density at radius 2 is 2.00 bits per heavy atom. The van der Waals surface area contributed by atoms with Crippen LogP contribution < -0.4 is 5.32 Å². The molecule has 0 spiro atoms. The summed E-state index contributed by atoms with van der Waals surface area (Å²) >= 11 is 0. The molecule has 0 radical (unpaired) electrons. The van der Waals surface area contributed by atoms with Crippen LogP contribution in [0.1, 0.15) is 23.2 Å². The van der Waals surface area contributed by atoms with Crippen LogP contribution in [0.15, 0.2) is 36.7 Å². The van der Waals surface area contributed by atoms with Crippen LogP contribution in [0, 0.1) is 10.1 Å². The van der Waals surface area contributed by atoms with E-state index in [1.54, 1.807) is 27.9 Å². The topological polar surface area (TPSA) is 93.3 Å². The predicted octanol–water partition coefficient (Wildman–Crippen LogP) is 1.60. The number of nitrogens with zero attached hydrogens (tertiary/aromatic N) is 4. The highest BCUT2D eigenvalue weighted by molar-refractivity contribution is 5.93. The summed E-state index contributed by atoms with van der Waals surface area (Å²) in [4.78, 5) is 24.6. The minimum absolute atomic E-state index is 0.0212. The summed E-state index contributed by atoms with van der Waals surface area (Å²) in [6.07, 6.45) is 5.07. The molecule has 2 aromatic rings. The molecule has 1 aliphatic heterocycles. The number of hydrogen-bond acceptors (Lipinski definition) is 5. The Morgan fingerprint density at radius 1 is 1.33 bits per heavy atom. The van der Waals surface area contributed by atoms with E-state index in [4.69, 9.17) is 0 Å². The van der Waals surface area contributed by atoms with Gasteiger partial charge in [0.15, 0.2) is 0 Å². The molecule has 0 bridgehead atoms. The van der Waals surface area contributed by atoms with Crippen LogP contribution in [0.5, 0.6) is 0 Å². The molecular weight excluding hydrogens is 310 g/mol. The fraction of sp³-hybridized carbons (Fsp3) is 0.375. The van der Waals surface area contributed by atoms with Gasteiger partial charge < -0.3 is 10.2 Å². The number of nitro benzene ring substituents is 1. The third-order valence-corrected chi connectivity index (χ3v) is 4.33. The lowest BCUT2D eigenvalue weighted by molar-refractivity contribution is -0.384. The quantitative estimate of drug-likeness (QED) is 0.679. The van der Waals surface area contributed by atoms with Crippen molar-refractivity contribution in [1.29, 1.82) is 0 Å². The van der Waals surface area contributed by atoms with Gasteiger partial charge in [0.05, 0.1) is 22.4 Å². The first kappa shape index (κ1) is 16.1. The van der Waals surface area contributed by atoms with Crippen molar-refractivity contribution in [1.82, 2.24) is 20.0 Å². The Morgan fingerprint density at radius 3 is 2.62 bits per heavy atom. The first-order valence-electron chi connectivity index (χ1n) is 7.83. The van der Waals surface area contributed by atoms with Crippen LogP contribution in [0.2, 0.25) is 0 Å². The van der Waals surface area contributed by atoms with E-state index >= 15 is 0 Å². The largest absolute Gasteiger partial charge is 0.339 e. The predicted molar refractivity (Wildman–Crippen MR) is 88.2 cm³/mol. The van der Waals surface area contributed by atoms with E-state index in [1.165, 1.54) is 18.3 Å². The minimum atomic E-state index is -0.449. The van der Waals surface area contributed by atoms with Crippen molar-refractivity contribution < 1.29 is 9.72 Å². The lowest BCUT2D eigenvalue weighted by atomic mass is 10.0. The van der Waals surface area contributed by atoms with Crippen molar-refractivity contribution in [3.05, 3.63) is 52.3 Å². The van der Waals surface area contributed by atoms with E-state index in [0.29, 0.717) is 11.3 Å². The molecular formula is C16H19N5O3. The second kappa shape index (κ2) is 6.79. The summed E-state index contributed by atoms with van der Waals surface area (Å²) in [7, 11) is 1.82. The molecule has 0 saturated carbocycles. The van der Waals surface area contributed by atoms with Crippen molar-refractivity contribution in [3.63, 3.8) is 0 Å². The second-order valence-corrected chi connectivity index (χ2v) is 5.84. The molecule has 0 atom stereocenters. The highest BCUT2D eigenvalue weighted by Gasteiger charge is 2.23. The molecule has 1 amide bonds. The summed E-state index contributed by atoms with van der Waals surface area (Å²) in [6.45, 7) is 1.84. The molecule has 1 saturated heterocycles.